The molecule has 6 heteroatoms. The molecule has 2 aromatic rings. The number of halogens is 2. The molecule has 0 saturated heterocycles. The average Bonchev–Trinajstić information content (AvgIpc) is 2.67. The van der Waals surface area contributed by atoms with E-state index in [1.54, 1.807) is 18.2 Å². The van der Waals surface area contributed by atoms with Crippen molar-refractivity contribution in [3.63, 3.8) is 0 Å². The number of hydrogen-bond donors (Lipinski definition) is 1. The molecule has 1 N–H and O–H groups in total. The minimum Gasteiger partial charge on any atom is -0.487 e. The van der Waals surface area contributed by atoms with E-state index >= 15 is 0 Å². The molecule has 0 bridgehead atoms. The normalized spacial score (nSPS) is 17.6. The number of fused-ring (bicyclic) bond motifs is 1. The number of carbonyl (C=O) groups is 1. The third-order valence-electron chi connectivity index (χ3n) is 5.07. The van der Waals surface area contributed by atoms with Crippen LogP contribution in [0.15, 0.2) is 46.9 Å². The Morgan fingerprint density at radius 2 is 2.04 bits per heavy atom. The zero-order valence-corrected chi connectivity index (χ0v) is 17.8. The van der Waals surface area contributed by atoms with E-state index in [0.29, 0.717) is 10.8 Å². The van der Waals surface area contributed by atoms with Crippen LogP contribution in [0.5, 0.6) is 11.5 Å². The van der Waals surface area contributed by atoms with Crippen molar-refractivity contribution in [3.8, 4) is 11.5 Å². The Morgan fingerprint density at radius 1 is 1.30 bits per heavy atom. The summed E-state index contributed by atoms with van der Waals surface area (Å²) in [6.07, 6.45) is 2.52. The van der Waals surface area contributed by atoms with Gasteiger partial charge in [-0.05, 0) is 53.0 Å². The first-order chi connectivity index (χ1) is 13.0. The number of ether oxygens (including phenoxy) is 2. The molecule has 0 fully saturated rings. The lowest BCUT2D eigenvalue weighted by Crippen LogP contribution is -2.45. The largest absolute Gasteiger partial charge is 0.487 e. The fourth-order valence-electron chi connectivity index (χ4n) is 3.40. The minimum atomic E-state index is -0.258. The van der Waals surface area contributed by atoms with E-state index in [-0.39, 0.29) is 24.2 Å². The SMILES string of the molecule is CCC1(CC)C[C@@H](NC(=O)COc2ccc(Cl)cc2Br)c2ccccc2O1. The second kappa shape index (κ2) is 8.53. The lowest BCUT2D eigenvalue weighted by molar-refractivity contribution is -0.124. The predicted molar refractivity (Wildman–Crippen MR) is 111 cm³/mol. The quantitative estimate of drug-likeness (QED) is 0.613. The standard InChI is InChI=1S/C21H23BrClNO3/c1-3-21(4-2)12-17(15-7-5-6-8-18(15)27-21)24-20(25)13-26-19-10-9-14(23)11-16(19)22/h5-11,17H,3-4,12-13H2,1-2H3,(H,24,25)/t17-/m1/s1. The van der Waals surface area contributed by atoms with Gasteiger partial charge in [-0.15, -0.1) is 0 Å². The second-order valence-electron chi connectivity index (χ2n) is 6.72. The molecule has 1 aliphatic heterocycles. The van der Waals surface area contributed by atoms with E-state index in [4.69, 9.17) is 21.1 Å². The van der Waals surface area contributed by atoms with Crippen molar-refractivity contribution in [3.05, 3.63) is 57.5 Å². The highest BCUT2D eigenvalue weighted by molar-refractivity contribution is 9.10. The van der Waals surface area contributed by atoms with E-state index in [0.717, 1.165) is 35.0 Å². The molecule has 144 valence electrons. The zero-order chi connectivity index (χ0) is 19.4. The monoisotopic (exact) mass is 451 g/mol. The van der Waals surface area contributed by atoms with Crippen LogP contribution in [0.2, 0.25) is 5.02 Å². The Hall–Kier alpha value is -1.72. The summed E-state index contributed by atoms with van der Waals surface area (Å²) in [5, 5.41) is 3.72. The lowest BCUT2D eigenvalue weighted by Gasteiger charge is -2.41. The molecule has 0 aromatic heterocycles. The first-order valence-electron chi connectivity index (χ1n) is 9.11. The Bertz CT molecular complexity index is 823. The molecule has 0 saturated carbocycles. The molecule has 1 atom stereocenters. The summed E-state index contributed by atoms with van der Waals surface area (Å²) in [6, 6.07) is 13.0. The van der Waals surface area contributed by atoms with Crippen LogP contribution in [0, 0.1) is 0 Å². The number of rotatable bonds is 6. The van der Waals surface area contributed by atoms with Crippen molar-refractivity contribution in [1.29, 1.82) is 0 Å². The number of nitrogens with one attached hydrogen (secondary N) is 1. The summed E-state index contributed by atoms with van der Waals surface area (Å²) >= 11 is 9.33. The van der Waals surface area contributed by atoms with Crippen molar-refractivity contribution in [2.45, 2.75) is 44.8 Å². The second-order valence-corrected chi connectivity index (χ2v) is 8.01. The van der Waals surface area contributed by atoms with Gasteiger partial charge in [0.2, 0.25) is 0 Å². The van der Waals surface area contributed by atoms with Gasteiger partial charge < -0.3 is 14.8 Å². The summed E-state index contributed by atoms with van der Waals surface area (Å²) in [4.78, 5) is 12.5. The Balaban J connectivity index is 1.70. The van der Waals surface area contributed by atoms with Crippen molar-refractivity contribution >= 4 is 33.4 Å². The highest BCUT2D eigenvalue weighted by atomic mass is 79.9. The molecule has 3 rings (SSSR count). The van der Waals surface area contributed by atoms with Crippen molar-refractivity contribution < 1.29 is 14.3 Å². The van der Waals surface area contributed by atoms with Gasteiger partial charge in [0.25, 0.3) is 5.91 Å². The van der Waals surface area contributed by atoms with Crippen molar-refractivity contribution in [2.24, 2.45) is 0 Å². The molecule has 2 aromatic carbocycles. The number of hydrogen-bond acceptors (Lipinski definition) is 3. The Morgan fingerprint density at radius 3 is 2.74 bits per heavy atom. The first kappa shape index (κ1) is 20.0. The maximum absolute atomic E-state index is 12.5. The number of carbonyl (C=O) groups excluding carboxylic acids is 1. The third kappa shape index (κ3) is 4.58. The van der Waals surface area contributed by atoms with Crippen LogP contribution in [0.3, 0.4) is 0 Å². The van der Waals surface area contributed by atoms with Gasteiger partial charge in [0, 0.05) is 17.0 Å². The fraction of sp³-hybridized carbons (Fsp3) is 0.381. The van der Waals surface area contributed by atoms with Crippen LogP contribution >= 0.6 is 27.5 Å². The summed E-state index contributed by atoms with van der Waals surface area (Å²) in [7, 11) is 0. The topological polar surface area (TPSA) is 47.6 Å². The van der Waals surface area contributed by atoms with Crippen molar-refractivity contribution in [1.82, 2.24) is 5.32 Å². The molecule has 0 unspecified atom stereocenters. The molecule has 0 aliphatic carbocycles. The van der Waals surface area contributed by atoms with Crippen LogP contribution in [0.25, 0.3) is 0 Å². The molecule has 0 spiro atoms. The van der Waals surface area contributed by atoms with Gasteiger partial charge in [0.1, 0.15) is 17.1 Å². The zero-order valence-electron chi connectivity index (χ0n) is 15.4. The van der Waals surface area contributed by atoms with Gasteiger partial charge in [0.05, 0.1) is 10.5 Å². The highest BCUT2D eigenvalue weighted by Gasteiger charge is 2.38. The van der Waals surface area contributed by atoms with Crippen LogP contribution in [-0.2, 0) is 4.79 Å². The number of benzene rings is 2. The molecule has 1 amide bonds. The molecule has 1 aliphatic rings. The van der Waals surface area contributed by atoms with Crippen LogP contribution in [0.4, 0.5) is 0 Å². The summed E-state index contributed by atoms with van der Waals surface area (Å²) < 4.78 is 12.6. The van der Waals surface area contributed by atoms with E-state index in [2.05, 4.69) is 35.1 Å². The first-order valence-corrected chi connectivity index (χ1v) is 10.3. The maximum Gasteiger partial charge on any atom is 0.258 e. The summed E-state index contributed by atoms with van der Waals surface area (Å²) in [5.74, 6) is 1.26. The smallest absolute Gasteiger partial charge is 0.258 e. The van der Waals surface area contributed by atoms with Gasteiger partial charge in [-0.2, -0.15) is 0 Å². The molecule has 4 nitrogen and oxygen atoms in total. The van der Waals surface area contributed by atoms with Crippen molar-refractivity contribution in [2.75, 3.05) is 6.61 Å². The number of amides is 1. The minimum absolute atomic E-state index is 0.0645. The van der Waals surface area contributed by atoms with Gasteiger partial charge in [-0.3, -0.25) is 4.79 Å². The Kier molecular flexibility index (Phi) is 6.33. The van der Waals surface area contributed by atoms with Gasteiger partial charge in [0.15, 0.2) is 6.61 Å². The fourth-order valence-corrected chi connectivity index (χ4v) is 4.20. The van der Waals surface area contributed by atoms with Crippen LogP contribution < -0.4 is 14.8 Å². The Labute approximate surface area is 173 Å². The predicted octanol–water partition coefficient (Wildman–Crippen LogP) is 5.68. The average molecular weight is 453 g/mol. The molecular formula is C21H23BrClNO3. The van der Waals surface area contributed by atoms with E-state index in [1.807, 2.05) is 24.3 Å². The van der Waals surface area contributed by atoms with Gasteiger partial charge >= 0.3 is 0 Å². The third-order valence-corrected chi connectivity index (χ3v) is 5.93. The number of para-hydroxylation sites is 1. The molecule has 27 heavy (non-hydrogen) atoms. The molecular weight excluding hydrogens is 430 g/mol. The maximum atomic E-state index is 12.5. The lowest BCUT2D eigenvalue weighted by atomic mass is 9.83. The van der Waals surface area contributed by atoms with E-state index in [9.17, 15) is 4.79 Å². The van der Waals surface area contributed by atoms with E-state index in [1.165, 1.54) is 0 Å². The van der Waals surface area contributed by atoms with E-state index < -0.39 is 0 Å². The van der Waals surface area contributed by atoms with Gasteiger partial charge in [-0.1, -0.05) is 43.6 Å². The summed E-state index contributed by atoms with van der Waals surface area (Å²) in [5.41, 5.74) is 0.753. The van der Waals surface area contributed by atoms with Crippen LogP contribution in [-0.4, -0.2) is 18.1 Å². The highest BCUT2D eigenvalue weighted by Crippen LogP contribution is 2.42. The summed E-state index contributed by atoms with van der Waals surface area (Å²) in [6.45, 7) is 4.18. The van der Waals surface area contributed by atoms with Gasteiger partial charge in [-0.25, -0.2) is 0 Å². The molecule has 0 radical (unpaired) electrons. The molecule has 1 heterocycles. The van der Waals surface area contributed by atoms with Crippen LogP contribution in [0.1, 0.15) is 44.7 Å².